The van der Waals surface area contributed by atoms with Crippen LogP contribution in [0, 0.1) is 0 Å². The molecule has 0 fully saturated rings. The van der Waals surface area contributed by atoms with Gasteiger partial charge in [0.15, 0.2) is 0 Å². The van der Waals surface area contributed by atoms with Gasteiger partial charge in [-0.15, -0.1) is 0 Å². The van der Waals surface area contributed by atoms with Crippen LogP contribution < -0.4 is 20.1 Å². The highest BCUT2D eigenvalue weighted by atomic mass is 16.5. The molecule has 0 saturated carbocycles. The third kappa shape index (κ3) is 4.34. The molecule has 0 aliphatic rings. The molecule has 0 spiro atoms. The van der Waals surface area contributed by atoms with Gasteiger partial charge < -0.3 is 20.1 Å². The van der Waals surface area contributed by atoms with Gasteiger partial charge in [-0.3, -0.25) is 0 Å². The van der Waals surface area contributed by atoms with Crippen molar-refractivity contribution in [2.24, 2.45) is 0 Å². The molecule has 2 rings (SSSR count). The second-order valence-electron chi connectivity index (χ2n) is 4.18. The van der Waals surface area contributed by atoms with E-state index in [1.165, 1.54) is 6.20 Å². The number of aromatic nitrogens is 2. The van der Waals surface area contributed by atoms with E-state index in [1.807, 2.05) is 32.0 Å². The molecule has 0 aliphatic heterocycles. The van der Waals surface area contributed by atoms with Gasteiger partial charge >= 0.3 is 12.0 Å². The number of nitrogens with zero attached hydrogens (tertiary/aromatic N) is 2. The summed E-state index contributed by atoms with van der Waals surface area (Å²) in [5.41, 5.74) is 1.06. The van der Waals surface area contributed by atoms with Crippen molar-refractivity contribution < 1.29 is 14.3 Å². The molecule has 116 valence electrons. The first kappa shape index (κ1) is 15.6. The van der Waals surface area contributed by atoms with Crippen LogP contribution in [-0.2, 0) is 0 Å². The summed E-state index contributed by atoms with van der Waals surface area (Å²) < 4.78 is 10.6. The van der Waals surface area contributed by atoms with Crippen LogP contribution in [0.3, 0.4) is 0 Å². The van der Waals surface area contributed by atoms with Crippen molar-refractivity contribution in [3.05, 3.63) is 36.5 Å². The molecule has 0 unspecified atom stereocenters. The van der Waals surface area contributed by atoms with Crippen molar-refractivity contribution in [2.75, 3.05) is 23.8 Å². The maximum absolute atomic E-state index is 12.0. The van der Waals surface area contributed by atoms with E-state index in [0.717, 1.165) is 0 Å². The highest BCUT2D eigenvalue weighted by Crippen LogP contribution is 2.23. The Morgan fingerprint density at radius 1 is 1.09 bits per heavy atom. The number of nitrogens with one attached hydrogen (secondary N) is 2. The Labute approximate surface area is 128 Å². The Morgan fingerprint density at radius 3 is 2.50 bits per heavy atom. The van der Waals surface area contributed by atoms with Crippen molar-refractivity contribution in [3.8, 4) is 11.9 Å². The van der Waals surface area contributed by atoms with E-state index in [4.69, 9.17) is 9.47 Å². The molecule has 0 atom stereocenters. The minimum Gasteiger partial charge on any atom is -0.476 e. The maximum Gasteiger partial charge on any atom is 0.323 e. The lowest BCUT2D eigenvalue weighted by Gasteiger charge is -2.12. The number of urea groups is 1. The quantitative estimate of drug-likeness (QED) is 0.857. The predicted octanol–water partition coefficient (Wildman–Crippen LogP) is 2.92. The number of carbonyl (C=O) groups is 1. The summed E-state index contributed by atoms with van der Waals surface area (Å²) in [6.45, 7) is 4.53. The van der Waals surface area contributed by atoms with E-state index in [9.17, 15) is 4.79 Å². The van der Waals surface area contributed by atoms with Gasteiger partial charge in [-0.2, -0.15) is 4.98 Å². The number of para-hydroxylation sites is 1. The first-order valence-electron chi connectivity index (χ1n) is 6.98. The van der Waals surface area contributed by atoms with Gasteiger partial charge in [0, 0.05) is 5.69 Å². The molecule has 0 aliphatic carbocycles. The lowest BCUT2D eigenvalue weighted by atomic mass is 10.3. The average molecular weight is 302 g/mol. The highest BCUT2D eigenvalue weighted by molar-refractivity contribution is 6.00. The molecule has 7 heteroatoms. The van der Waals surface area contributed by atoms with E-state index >= 15 is 0 Å². The van der Waals surface area contributed by atoms with E-state index < -0.39 is 6.03 Å². The Hall–Kier alpha value is -2.83. The minimum atomic E-state index is -0.403. The van der Waals surface area contributed by atoms with Crippen LogP contribution in [0.2, 0.25) is 0 Å². The second-order valence-corrected chi connectivity index (χ2v) is 4.18. The Kier molecular flexibility index (Phi) is 5.53. The summed E-state index contributed by atoms with van der Waals surface area (Å²) in [6.07, 6.45) is 1.45. The normalized spacial score (nSPS) is 9.91. The fourth-order valence-corrected chi connectivity index (χ4v) is 1.69. The standard InChI is InChI=1S/C15H18N4O3/c1-3-21-13-12(10-16-15(19-13)22-4-2)18-14(20)17-11-8-6-5-7-9-11/h5-10H,3-4H2,1-2H3,(H2,17,18,20). The smallest absolute Gasteiger partial charge is 0.323 e. The number of anilines is 2. The summed E-state index contributed by atoms with van der Waals surface area (Å²) in [6, 6.07) is 8.92. The van der Waals surface area contributed by atoms with Crippen LogP contribution >= 0.6 is 0 Å². The number of hydrogen-bond acceptors (Lipinski definition) is 5. The molecule has 1 aromatic heterocycles. The maximum atomic E-state index is 12.0. The molecule has 1 heterocycles. The Morgan fingerprint density at radius 2 is 1.82 bits per heavy atom. The van der Waals surface area contributed by atoms with Crippen LogP contribution in [0.15, 0.2) is 36.5 Å². The van der Waals surface area contributed by atoms with Gasteiger partial charge in [0.05, 0.1) is 19.4 Å². The van der Waals surface area contributed by atoms with Gasteiger partial charge in [0.1, 0.15) is 5.69 Å². The molecule has 2 amide bonds. The van der Waals surface area contributed by atoms with Crippen molar-refractivity contribution in [1.82, 2.24) is 9.97 Å². The number of amides is 2. The van der Waals surface area contributed by atoms with Gasteiger partial charge in [0.2, 0.25) is 5.88 Å². The molecule has 7 nitrogen and oxygen atoms in total. The zero-order valence-corrected chi connectivity index (χ0v) is 12.5. The van der Waals surface area contributed by atoms with Crippen molar-refractivity contribution in [3.63, 3.8) is 0 Å². The first-order chi connectivity index (χ1) is 10.7. The van der Waals surface area contributed by atoms with Gasteiger partial charge in [-0.1, -0.05) is 18.2 Å². The fourth-order valence-electron chi connectivity index (χ4n) is 1.69. The summed E-state index contributed by atoms with van der Waals surface area (Å²) in [5.74, 6) is 0.268. The lowest BCUT2D eigenvalue weighted by Crippen LogP contribution is -2.20. The topological polar surface area (TPSA) is 85.4 Å². The summed E-state index contributed by atoms with van der Waals surface area (Å²) in [4.78, 5) is 20.1. The molecule has 0 bridgehead atoms. The van der Waals surface area contributed by atoms with Crippen LogP contribution in [0.1, 0.15) is 13.8 Å². The predicted molar refractivity (Wildman–Crippen MR) is 83.5 cm³/mol. The molecular weight excluding hydrogens is 284 g/mol. The Balaban J connectivity index is 2.08. The first-order valence-corrected chi connectivity index (χ1v) is 6.98. The average Bonchev–Trinajstić information content (AvgIpc) is 2.51. The molecule has 2 N–H and O–H groups in total. The van der Waals surface area contributed by atoms with Crippen molar-refractivity contribution >= 4 is 17.4 Å². The van der Waals surface area contributed by atoms with E-state index in [0.29, 0.717) is 24.6 Å². The number of hydrogen-bond donors (Lipinski definition) is 2. The van der Waals surface area contributed by atoms with Gasteiger partial charge in [-0.25, -0.2) is 9.78 Å². The zero-order valence-electron chi connectivity index (χ0n) is 12.5. The molecule has 0 radical (unpaired) electrons. The molecule has 2 aromatic rings. The largest absolute Gasteiger partial charge is 0.476 e. The number of benzene rings is 1. The monoisotopic (exact) mass is 302 g/mol. The van der Waals surface area contributed by atoms with Crippen LogP contribution in [0.5, 0.6) is 11.9 Å². The van der Waals surface area contributed by atoms with Crippen molar-refractivity contribution in [1.29, 1.82) is 0 Å². The molecule has 1 aromatic carbocycles. The van der Waals surface area contributed by atoms with Crippen LogP contribution in [0.25, 0.3) is 0 Å². The summed E-state index contributed by atoms with van der Waals surface area (Å²) in [5, 5.41) is 5.36. The molecule has 0 saturated heterocycles. The molecule has 22 heavy (non-hydrogen) atoms. The van der Waals surface area contributed by atoms with Crippen LogP contribution in [0.4, 0.5) is 16.2 Å². The third-order valence-electron chi connectivity index (χ3n) is 2.57. The summed E-state index contributed by atoms with van der Waals surface area (Å²) >= 11 is 0. The fraction of sp³-hybridized carbons (Fsp3) is 0.267. The highest BCUT2D eigenvalue weighted by Gasteiger charge is 2.12. The second kappa shape index (κ2) is 7.82. The van der Waals surface area contributed by atoms with Gasteiger partial charge in [-0.05, 0) is 26.0 Å². The molecular formula is C15H18N4O3. The Bertz CT molecular complexity index is 619. The van der Waals surface area contributed by atoms with Gasteiger partial charge in [0.25, 0.3) is 0 Å². The number of carbonyl (C=O) groups excluding carboxylic acids is 1. The van der Waals surface area contributed by atoms with E-state index in [2.05, 4.69) is 20.6 Å². The van der Waals surface area contributed by atoms with E-state index in [-0.39, 0.29) is 11.9 Å². The van der Waals surface area contributed by atoms with E-state index in [1.54, 1.807) is 12.1 Å². The zero-order chi connectivity index (χ0) is 15.8. The lowest BCUT2D eigenvalue weighted by molar-refractivity contribution is 0.261. The number of ether oxygens (including phenoxy) is 2. The third-order valence-corrected chi connectivity index (χ3v) is 2.57. The van der Waals surface area contributed by atoms with Crippen LogP contribution in [-0.4, -0.2) is 29.2 Å². The van der Waals surface area contributed by atoms with Crippen molar-refractivity contribution in [2.45, 2.75) is 13.8 Å². The minimum absolute atomic E-state index is 0.208. The number of rotatable bonds is 6. The summed E-state index contributed by atoms with van der Waals surface area (Å²) in [7, 11) is 0. The SMILES string of the molecule is CCOc1ncc(NC(=O)Nc2ccccc2)c(OCC)n1.